The van der Waals surface area contributed by atoms with Gasteiger partial charge < -0.3 is 5.32 Å². The average Bonchev–Trinajstić information content (AvgIpc) is 2.91. The van der Waals surface area contributed by atoms with Crippen LogP contribution in [0.1, 0.15) is 31.1 Å². The molecule has 0 saturated heterocycles. The highest BCUT2D eigenvalue weighted by Crippen LogP contribution is 2.18. The Morgan fingerprint density at radius 1 is 1.67 bits per heavy atom. The van der Waals surface area contributed by atoms with Gasteiger partial charge in [0.05, 0.1) is 5.51 Å². The molecule has 1 aromatic heterocycles. The molecule has 0 unspecified atom stereocenters. The molecule has 0 atom stereocenters. The van der Waals surface area contributed by atoms with Gasteiger partial charge in [-0.1, -0.05) is 11.6 Å². The largest absolute Gasteiger partial charge is 0.314 e. The Balaban J connectivity index is 1.65. The molecule has 0 spiro atoms. The molecule has 2 rings (SSSR count). The van der Waals surface area contributed by atoms with Crippen LogP contribution in [-0.4, -0.2) is 17.6 Å². The van der Waals surface area contributed by atoms with E-state index in [1.165, 1.54) is 23.3 Å². The lowest BCUT2D eigenvalue weighted by molar-refractivity contribution is 0.688. The summed E-state index contributed by atoms with van der Waals surface area (Å²) in [4.78, 5) is 5.44. The highest BCUT2D eigenvalue weighted by Gasteiger charge is 2.19. The van der Waals surface area contributed by atoms with Crippen LogP contribution in [0, 0.1) is 0 Å². The maximum absolute atomic E-state index is 4.08. The topological polar surface area (TPSA) is 24.9 Å². The van der Waals surface area contributed by atoms with Gasteiger partial charge in [0.2, 0.25) is 0 Å². The van der Waals surface area contributed by atoms with E-state index in [2.05, 4.69) is 23.3 Å². The van der Waals surface area contributed by atoms with E-state index in [9.17, 15) is 0 Å². The van der Waals surface area contributed by atoms with Crippen LogP contribution < -0.4 is 5.32 Å². The predicted octanol–water partition coefficient (Wildman–Crippen LogP) is 2.77. The van der Waals surface area contributed by atoms with Crippen LogP contribution in [-0.2, 0) is 6.42 Å². The third-order valence-electron chi connectivity index (χ3n) is 2.58. The Kier molecular flexibility index (Phi) is 3.92. The molecule has 3 heteroatoms. The van der Waals surface area contributed by atoms with Gasteiger partial charge in [0.1, 0.15) is 0 Å². The van der Waals surface area contributed by atoms with Crippen molar-refractivity contribution in [3.63, 3.8) is 0 Å². The van der Waals surface area contributed by atoms with Gasteiger partial charge in [0.25, 0.3) is 0 Å². The third-order valence-corrected chi connectivity index (χ3v) is 3.36. The van der Waals surface area contributed by atoms with Gasteiger partial charge in [0.15, 0.2) is 0 Å². The van der Waals surface area contributed by atoms with Crippen LogP contribution in [0.25, 0.3) is 0 Å². The van der Waals surface area contributed by atoms with Crippen molar-refractivity contribution in [2.75, 3.05) is 6.54 Å². The second-order valence-electron chi connectivity index (χ2n) is 4.21. The molecule has 1 aromatic rings. The number of allylic oxidation sites excluding steroid dienone is 1. The molecule has 2 nitrogen and oxygen atoms in total. The smallest absolute Gasteiger partial charge is 0.0794 e. The molecule has 1 aliphatic carbocycles. The molecule has 1 N–H and O–H groups in total. The van der Waals surface area contributed by atoms with Crippen molar-refractivity contribution in [3.8, 4) is 0 Å². The fourth-order valence-corrected chi connectivity index (χ4v) is 2.26. The van der Waals surface area contributed by atoms with Crippen molar-refractivity contribution >= 4 is 11.3 Å². The molecule has 82 valence electrons. The number of aromatic nitrogens is 1. The summed E-state index contributed by atoms with van der Waals surface area (Å²) in [6.07, 6.45) is 9.28. The maximum Gasteiger partial charge on any atom is 0.0794 e. The van der Waals surface area contributed by atoms with Gasteiger partial charge in [-0.05, 0) is 32.7 Å². The van der Waals surface area contributed by atoms with E-state index in [0.29, 0.717) is 0 Å². The molecule has 0 amide bonds. The number of hydrogen-bond donors (Lipinski definition) is 1. The zero-order valence-electron chi connectivity index (χ0n) is 9.20. The van der Waals surface area contributed by atoms with Crippen molar-refractivity contribution in [1.82, 2.24) is 10.3 Å². The lowest BCUT2D eigenvalue weighted by Crippen LogP contribution is -2.16. The minimum absolute atomic E-state index is 0.834. The van der Waals surface area contributed by atoms with Gasteiger partial charge in [-0.3, -0.25) is 4.98 Å². The van der Waals surface area contributed by atoms with Gasteiger partial charge >= 0.3 is 0 Å². The highest BCUT2D eigenvalue weighted by atomic mass is 32.1. The molecule has 0 aromatic carbocycles. The van der Waals surface area contributed by atoms with Crippen molar-refractivity contribution in [3.05, 3.63) is 28.2 Å². The summed E-state index contributed by atoms with van der Waals surface area (Å²) in [5.74, 6) is 0. The summed E-state index contributed by atoms with van der Waals surface area (Å²) < 4.78 is 0. The summed E-state index contributed by atoms with van der Waals surface area (Å²) in [6, 6.07) is 0.834. The second-order valence-corrected chi connectivity index (χ2v) is 5.18. The number of hydrogen-bond acceptors (Lipinski definition) is 3. The van der Waals surface area contributed by atoms with Crippen LogP contribution in [0.2, 0.25) is 0 Å². The second kappa shape index (κ2) is 5.42. The molecular formula is C12H18N2S. The quantitative estimate of drug-likeness (QED) is 0.591. The molecule has 0 bridgehead atoms. The molecular weight excluding hydrogens is 204 g/mol. The lowest BCUT2D eigenvalue weighted by atomic mass is 10.1. The van der Waals surface area contributed by atoms with Crippen LogP contribution in [0.4, 0.5) is 0 Å². The number of nitrogens with zero attached hydrogens (tertiary/aromatic N) is 1. The monoisotopic (exact) mass is 222 g/mol. The van der Waals surface area contributed by atoms with E-state index in [1.54, 1.807) is 11.3 Å². The molecule has 1 fully saturated rings. The van der Waals surface area contributed by atoms with E-state index in [-0.39, 0.29) is 0 Å². The highest BCUT2D eigenvalue weighted by molar-refractivity contribution is 7.09. The Hall–Kier alpha value is -0.670. The Morgan fingerprint density at radius 2 is 2.53 bits per heavy atom. The zero-order chi connectivity index (χ0) is 10.5. The Morgan fingerprint density at radius 3 is 3.20 bits per heavy atom. The first-order valence-corrected chi connectivity index (χ1v) is 6.49. The average molecular weight is 222 g/mol. The third kappa shape index (κ3) is 4.14. The van der Waals surface area contributed by atoms with E-state index >= 15 is 0 Å². The summed E-state index contributed by atoms with van der Waals surface area (Å²) >= 11 is 1.74. The first-order valence-electron chi connectivity index (χ1n) is 5.61. The normalized spacial score (nSPS) is 17.0. The van der Waals surface area contributed by atoms with Crippen molar-refractivity contribution in [1.29, 1.82) is 0 Å². The van der Waals surface area contributed by atoms with Crippen LogP contribution in [0.3, 0.4) is 0 Å². The molecule has 15 heavy (non-hydrogen) atoms. The summed E-state index contributed by atoms with van der Waals surface area (Å²) in [5.41, 5.74) is 3.36. The summed E-state index contributed by atoms with van der Waals surface area (Å²) in [5, 5.41) is 3.52. The van der Waals surface area contributed by atoms with E-state index in [4.69, 9.17) is 0 Å². The van der Waals surface area contributed by atoms with Gasteiger partial charge in [0, 0.05) is 23.5 Å². The fourth-order valence-electron chi connectivity index (χ4n) is 1.57. The van der Waals surface area contributed by atoms with Crippen molar-refractivity contribution < 1.29 is 0 Å². The molecule has 1 heterocycles. The molecule has 0 radical (unpaired) electrons. The van der Waals surface area contributed by atoms with E-state index < -0.39 is 0 Å². The SMILES string of the molecule is CC(=CCCNC1CC1)Cc1cncs1. The van der Waals surface area contributed by atoms with Crippen LogP contribution in [0.15, 0.2) is 23.4 Å². The predicted molar refractivity (Wildman–Crippen MR) is 65.2 cm³/mol. The zero-order valence-corrected chi connectivity index (χ0v) is 10.0. The molecule has 0 aliphatic heterocycles. The van der Waals surface area contributed by atoms with Crippen LogP contribution in [0.5, 0.6) is 0 Å². The lowest BCUT2D eigenvalue weighted by Gasteiger charge is -2.00. The fraction of sp³-hybridized carbons (Fsp3) is 0.583. The first kappa shape index (κ1) is 10.8. The minimum Gasteiger partial charge on any atom is -0.314 e. The van der Waals surface area contributed by atoms with Gasteiger partial charge in [-0.2, -0.15) is 0 Å². The van der Waals surface area contributed by atoms with Gasteiger partial charge in [-0.25, -0.2) is 0 Å². The number of nitrogens with one attached hydrogen (secondary N) is 1. The molecule has 1 saturated carbocycles. The molecule has 1 aliphatic rings. The van der Waals surface area contributed by atoms with Crippen LogP contribution >= 0.6 is 11.3 Å². The first-order chi connectivity index (χ1) is 7.34. The van der Waals surface area contributed by atoms with Crippen molar-refractivity contribution in [2.45, 2.75) is 38.6 Å². The minimum atomic E-state index is 0.834. The van der Waals surface area contributed by atoms with Gasteiger partial charge in [-0.15, -0.1) is 11.3 Å². The summed E-state index contributed by atoms with van der Waals surface area (Å²) in [6.45, 7) is 3.33. The summed E-state index contributed by atoms with van der Waals surface area (Å²) in [7, 11) is 0. The van der Waals surface area contributed by atoms with Crippen molar-refractivity contribution in [2.24, 2.45) is 0 Å². The Labute approximate surface area is 95.4 Å². The maximum atomic E-state index is 4.08. The standard InChI is InChI=1S/C12H18N2S/c1-10(7-12-8-13-9-15-12)3-2-6-14-11-4-5-11/h3,8-9,11,14H,2,4-7H2,1H3. The van der Waals surface area contributed by atoms with E-state index in [1.807, 2.05) is 11.7 Å². The number of rotatable bonds is 6. The van der Waals surface area contributed by atoms with E-state index in [0.717, 1.165) is 25.4 Å². The number of thiazole rings is 1. The Bertz CT molecular complexity index is 312.